The van der Waals surface area contributed by atoms with Crippen LogP contribution in [-0.4, -0.2) is 16.7 Å². The molecule has 0 radical (unpaired) electrons. The molecule has 160 valence electrons. The molecular weight excluding hydrogens is 404 g/mol. The van der Waals surface area contributed by atoms with Crippen LogP contribution in [0.2, 0.25) is 0 Å². The average molecular weight is 433 g/mol. The van der Waals surface area contributed by atoms with Gasteiger partial charge in [-0.2, -0.15) is 0 Å². The second-order valence-electron chi connectivity index (χ2n) is 9.07. The number of benzene rings is 1. The predicted octanol–water partition coefficient (Wildman–Crippen LogP) is 6.57. The van der Waals surface area contributed by atoms with Crippen LogP contribution in [0, 0.1) is 11.8 Å². The summed E-state index contributed by atoms with van der Waals surface area (Å²) in [5, 5.41) is 1.36. The van der Waals surface area contributed by atoms with Crippen molar-refractivity contribution in [1.29, 1.82) is 0 Å². The number of aromatic nitrogens is 2. The number of hydrogen-bond acceptors (Lipinski definition) is 2. The van der Waals surface area contributed by atoms with E-state index in [2.05, 4.69) is 64.3 Å². The van der Waals surface area contributed by atoms with Gasteiger partial charge in [-0.15, -0.1) is 12.4 Å². The molecule has 3 nitrogen and oxygen atoms in total. The highest BCUT2D eigenvalue weighted by atomic mass is 35.5. The molecule has 6 rings (SSSR count). The summed E-state index contributed by atoms with van der Waals surface area (Å²) in [6.07, 6.45) is 18.5. The van der Waals surface area contributed by atoms with Crippen LogP contribution in [0.15, 0.2) is 61.0 Å². The molecule has 31 heavy (non-hydrogen) atoms. The smallest absolute Gasteiger partial charge is 0.122 e. The summed E-state index contributed by atoms with van der Waals surface area (Å²) in [5.74, 6) is 2.31. The number of rotatable bonds is 3. The van der Waals surface area contributed by atoms with E-state index in [-0.39, 0.29) is 12.4 Å². The SMILES string of the molecule is COc1ccccc1CC1CCC2C(C=CC3=CCCc4c3n2c2ccncc42)C1.Cl. The van der Waals surface area contributed by atoms with E-state index in [0.717, 1.165) is 25.0 Å². The van der Waals surface area contributed by atoms with Crippen molar-refractivity contribution < 1.29 is 4.74 Å². The molecule has 3 unspecified atom stereocenters. The van der Waals surface area contributed by atoms with Gasteiger partial charge in [0.05, 0.1) is 18.3 Å². The molecule has 0 N–H and O–H groups in total. The van der Waals surface area contributed by atoms with E-state index >= 15 is 0 Å². The van der Waals surface area contributed by atoms with E-state index in [1.807, 2.05) is 6.20 Å². The van der Waals surface area contributed by atoms with E-state index in [1.54, 1.807) is 7.11 Å². The third kappa shape index (κ3) is 3.30. The lowest BCUT2D eigenvalue weighted by Crippen LogP contribution is -2.27. The molecule has 3 aliphatic rings. The molecule has 1 aromatic carbocycles. The number of ether oxygens (including phenoxy) is 1. The minimum absolute atomic E-state index is 0. The predicted molar refractivity (Wildman–Crippen MR) is 129 cm³/mol. The maximum absolute atomic E-state index is 5.62. The summed E-state index contributed by atoms with van der Waals surface area (Å²) >= 11 is 0. The molecule has 1 fully saturated rings. The van der Waals surface area contributed by atoms with E-state index in [4.69, 9.17) is 4.74 Å². The van der Waals surface area contributed by atoms with Crippen molar-refractivity contribution in [2.75, 3.05) is 7.11 Å². The monoisotopic (exact) mass is 432 g/mol. The van der Waals surface area contributed by atoms with Crippen LogP contribution in [0.4, 0.5) is 0 Å². The van der Waals surface area contributed by atoms with E-state index in [9.17, 15) is 0 Å². The average Bonchev–Trinajstić information content (AvgIpc) is 3.03. The summed E-state index contributed by atoms with van der Waals surface area (Å²) in [5.41, 5.74) is 7.13. The molecule has 1 aliphatic heterocycles. The Morgan fingerprint density at radius 3 is 2.97 bits per heavy atom. The van der Waals surface area contributed by atoms with Gasteiger partial charge >= 0.3 is 0 Å². The second kappa shape index (κ2) is 8.20. The van der Waals surface area contributed by atoms with Crippen LogP contribution < -0.4 is 4.74 Å². The van der Waals surface area contributed by atoms with Crippen molar-refractivity contribution in [2.24, 2.45) is 11.8 Å². The van der Waals surface area contributed by atoms with Gasteiger partial charge in [-0.1, -0.05) is 36.4 Å². The summed E-state index contributed by atoms with van der Waals surface area (Å²) in [4.78, 5) is 4.45. The van der Waals surface area contributed by atoms with Crippen LogP contribution in [-0.2, 0) is 12.8 Å². The fourth-order valence-electron chi connectivity index (χ4n) is 6.15. The maximum Gasteiger partial charge on any atom is 0.122 e. The van der Waals surface area contributed by atoms with Gasteiger partial charge in [-0.3, -0.25) is 4.98 Å². The lowest BCUT2D eigenvalue weighted by atomic mass is 9.75. The number of allylic oxidation sites excluding steroid dienone is 4. The third-order valence-electron chi connectivity index (χ3n) is 7.47. The fraction of sp³-hybridized carbons (Fsp3) is 0.370. The molecule has 3 atom stereocenters. The van der Waals surface area contributed by atoms with E-state index in [0.29, 0.717) is 17.9 Å². The topological polar surface area (TPSA) is 27.1 Å². The summed E-state index contributed by atoms with van der Waals surface area (Å²) in [6, 6.07) is 11.3. The van der Waals surface area contributed by atoms with Gasteiger partial charge in [0.1, 0.15) is 5.75 Å². The summed E-state index contributed by atoms with van der Waals surface area (Å²) in [6.45, 7) is 0. The van der Waals surface area contributed by atoms with Gasteiger partial charge in [-0.25, -0.2) is 0 Å². The number of fused-ring (bicyclic) bond motifs is 5. The van der Waals surface area contributed by atoms with Gasteiger partial charge in [0.2, 0.25) is 0 Å². The van der Waals surface area contributed by atoms with Crippen molar-refractivity contribution in [1.82, 2.24) is 9.55 Å². The number of aryl methyl sites for hydroxylation is 1. The van der Waals surface area contributed by atoms with Gasteiger partial charge in [0.25, 0.3) is 0 Å². The molecule has 3 aromatic rings. The molecule has 2 aromatic heterocycles. The van der Waals surface area contributed by atoms with Gasteiger partial charge in [0, 0.05) is 23.8 Å². The van der Waals surface area contributed by atoms with Crippen molar-refractivity contribution >= 4 is 28.9 Å². The number of pyridine rings is 1. The normalized spacial score (nSPS) is 23.9. The third-order valence-corrected chi connectivity index (χ3v) is 7.47. The zero-order valence-corrected chi connectivity index (χ0v) is 18.8. The highest BCUT2D eigenvalue weighted by molar-refractivity contribution is 5.93. The minimum Gasteiger partial charge on any atom is -0.496 e. The first-order valence-electron chi connectivity index (χ1n) is 11.3. The Labute approximate surface area is 190 Å². The van der Waals surface area contributed by atoms with Crippen molar-refractivity contribution in [2.45, 2.75) is 44.6 Å². The molecule has 0 amide bonds. The van der Waals surface area contributed by atoms with Crippen LogP contribution in [0.5, 0.6) is 5.75 Å². The Kier molecular flexibility index (Phi) is 5.39. The fourth-order valence-corrected chi connectivity index (χ4v) is 6.15. The first-order chi connectivity index (χ1) is 14.8. The number of hydrogen-bond donors (Lipinski definition) is 0. The molecular formula is C27H29ClN2O. The van der Waals surface area contributed by atoms with Gasteiger partial charge < -0.3 is 9.30 Å². The van der Waals surface area contributed by atoms with Crippen molar-refractivity contribution in [3.8, 4) is 5.75 Å². The Hall–Kier alpha value is -2.52. The summed E-state index contributed by atoms with van der Waals surface area (Å²) < 4.78 is 8.30. The molecule has 4 heteroatoms. The molecule has 2 aliphatic carbocycles. The highest BCUT2D eigenvalue weighted by Gasteiger charge is 2.36. The first-order valence-corrected chi connectivity index (χ1v) is 11.3. The quantitative estimate of drug-likeness (QED) is 0.468. The molecule has 0 saturated heterocycles. The van der Waals surface area contributed by atoms with Crippen LogP contribution >= 0.6 is 12.4 Å². The molecule has 0 bridgehead atoms. The first kappa shape index (κ1) is 20.4. The molecule has 3 heterocycles. The highest BCUT2D eigenvalue weighted by Crippen LogP contribution is 2.48. The number of methoxy groups -OCH3 is 1. The van der Waals surface area contributed by atoms with E-state index in [1.165, 1.54) is 52.6 Å². The Morgan fingerprint density at radius 2 is 2.06 bits per heavy atom. The lowest BCUT2D eigenvalue weighted by Gasteiger charge is -2.36. The Morgan fingerprint density at radius 1 is 1.16 bits per heavy atom. The zero-order valence-electron chi connectivity index (χ0n) is 18.0. The standard InChI is InChI=1S/C27H28N2O.ClH/c1-30-26-8-3-2-5-21(26)16-18-9-12-24-20(15-18)11-10-19-6-4-7-22-23-17-28-14-13-25(23)29(24)27(19)22;/h2-3,5-6,8,10-11,13-14,17-18,20,24H,4,7,9,12,15-16H2,1H3;1H. The largest absolute Gasteiger partial charge is 0.496 e. The Balaban J connectivity index is 0.00000204. The molecule has 0 spiro atoms. The Bertz CT molecular complexity index is 1180. The van der Waals surface area contributed by atoms with Crippen LogP contribution in [0.1, 0.15) is 48.5 Å². The number of nitrogens with zero attached hydrogens (tertiary/aromatic N) is 2. The molecule has 1 saturated carbocycles. The van der Waals surface area contributed by atoms with Crippen molar-refractivity contribution in [3.63, 3.8) is 0 Å². The van der Waals surface area contributed by atoms with Crippen LogP contribution in [0.25, 0.3) is 16.5 Å². The number of para-hydroxylation sites is 1. The van der Waals surface area contributed by atoms with Crippen molar-refractivity contribution in [3.05, 3.63) is 77.8 Å². The van der Waals surface area contributed by atoms with Gasteiger partial charge in [-0.05, 0) is 79.2 Å². The summed E-state index contributed by atoms with van der Waals surface area (Å²) in [7, 11) is 1.78. The van der Waals surface area contributed by atoms with E-state index < -0.39 is 0 Å². The van der Waals surface area contributed by atoms with Gasteiger partial charge in [0.15, 0.2) is 0 Å². The lowest BCUT2D eigenvalue weighted by molar-refractivity contribution is 0.220. The minimum atomic E-state index is 0. The maximum atomic E-state index is 5.62. The second-order valence-corrected chi connectivity index (χ2v) is 9.07. The zero-order chi connectivity index (χ0) is 20.1. The van der Waals surface area contributed by atoms with Crippen LogP contribution in [0.3, 0.4) is 0 Å². The number of halogens is 1.